The minimum absolute atomic E-state index is 0.0417. The molecule has 1 aromatic carbocycles. The van der Waals surface area contributed by atoms with Crippen molar-refractivity contribution in [3.63, 3.8) is 0 Å². The fourth-order valence-electron chi connectivity index (χ4n) is 5.52. The van der Waals surface area contributed by atoms with Crippen molar-refractivity contribution in [2.45, 2.75) is 51.7 Å². The smallest absolute Gasteiger partial charge is 0.285 e. The summed E-state index contributed by atoms with van der Waals surface area (Å²) in [7, 11) is -3.74. The summed E-state index contributed by atoms with van der Waals surface area (Å²) in [6.45, 7) is 7.78. The number of hydrogen-bond donors (Lipinski definition) is 0. The normalized spacial score (nSPS) is 24.7. The van der Waals surface area contributed by atoms with Gasteiger partial charge in [-0.2, -0.15) is 8.42 Å². The Morgan fingerprint density at radius 2 is 1.68 bits per heavy atom. The predicted octanol–water partition coefficient (Wildman–Crippen LogP) is 2.94. The van der Waals surface area contributed by atoms with Crippen LogP contribution in [0.2, 0.25) is 0 Å². The highest BCUT2D eigenvalue weighted by molar-refractivity contribution is 8.00. The molecular formula is C25H33N3O5S. The molecule has 4 aliphatic heterocycles. The van der Waals surface area contributed by atoms with Crippen LogP contribution in [0.4, 0.5) is 0 Å². The molecule has 1 amide bonds. The Balaban J connectivity index is 1.25. The summed E-state index contributed by atoms with van der Waals surface area (Å²) in [5.41, 5.74) is 2.54. The van der Waals surface area contributed by atoms with E-state index in [1.807, 2.05) is 47.9 Å². The zero-order valence-electron chi connectivity index (χ0n) is 20.0. The van der Waals surface area contributed by atoms with Gasteiger partial charge in [-0.15, -0.1) is 4.40 Å². The third-order valence-corrected chi connectivity index (χ3v) is 8.88. The summed E-state index contributed by atoms with van der Waals surface area (Å²) in [4.78, 5) is 17.5. The van der Waals surface area contributed by atoms with Crippen molar-refractivity contribution in [2.75, 3.05) is 39.4 Å². The SMILES string of the molecule is CCC1=C(c2ccc(C)cc2)S(=O)(=O)N=C1N1CCC(C(=O)N2CCC3(CC2)OCCO3)CC1. The molecule has 5 rings (SSSR count). The Morgan fingerprint density at radius 1 is 1.06 bits per heavy atom. The van der Waals surface area contributed by atoms with Crippen LogP contribution in [0.1, 0.15) is 50.2 Å². The summed E-state index contributed by atoms with van der Waals surface area (Å²) in [6, 6.07) is 7.55. The number of sulfonamides is 1. The highest BCUT2D eigenvalue weighted by Gasteiger charge is 2.42. The first-order valence-corrected chi connectivity index (χ1v) is 13.7. The van der Waals surface area contributed by atoms with Gasteiger partial charge in [0, 0.05) is 50.5 Å². The minimum Gasteiger partial charge on any atom is -0.356 e. The van der Waals surface area contributed by atoms with Gasteiger partial charge in [0.15, 0.2) is 5.79 Å². The van der Waals surface area contributed by atoms with E-state index in [4.69, 9.17) is 9.47 Å². The van der Waals surface area contributed by atoms with Gasteiger partial charge in [-0.3, -0.25) is 4.79 Å². The molecule has 0 saturated carbocycles. The Kier molecular flexibility index (Phi) is 6.29. The molecule has 4 heterocycles. The number of ether oxygens (including phenoxy) is 2. The van der Waals surface area contributed by atoms with Crippen molar-refractivity contribution in [3.8, 4) is 0 Å². The Labute approximate surface area is 201 Å². The fourth-order valence-corrected chi connectivity index (χ4v) is 7.04. The van der Waals surface area contributed by atoms with E-state index in [-0.39, 0.29) is 11.8 Å². The highest BCUT2D eigenvalue weighted by atomic mass is 32.2. The summed E-state index contributed by atoms with van der Waals surface area (Å²) in [5.74, 6) is 0.226. The molecule has 0 bridgehead atoms. The first-order valence-electron chi connectivity index (χ1n) is 12.3. The van der Waals surface area contributed by atoms with Crippen molar-refractivity contribution in [2.24, 2.45) is 10.3 Å². The van der Waals surface area contributed by atoms with Gasteiger partial charge < -0.3 is 19.3 Å². The number of benzene rings is 1. The molecule has 0 N–H and O–H groups in total. The van der Waals surface area contributed by atoms with Crippen LogP contribution in [0.25, 0.3) is 4.91 Å². The van der Waals surface area contributed by atoms with Gasteiger partial charge in [-0.05, 0) is 31.7 Å². The number of hydrogen-bond acceptors (Lipinski definition) is 6. The quantitative estimate of drug-likeness (QED) is 0.651. The summed E-state index contributed by atoms with van der Waals surface area (Å²) in [6.07, 6.45) is 3.42. The van der Waals surface area contributed by atoms with Gasteiger partial charge in [0.1, 0.15) is 10.7 Å². The molecule has 34 heavy (non-hydrogen) atoms. The minimum atomic E-state index is -3.74. The highest BCUT2D eigenvalue weighted by Crippen LogP contribution is 2.37. The number of likely N-dealkylation sites (tertiary alicyclic amines) is 2. The van der Waals surface area contributed by atoms with Crippen molar-refractivity contribution in [1.82, 2.24) is 9.80 Å². The Hall–Kier alpha value is -2.23. The van der Waals surface area contributed by atoms with Crippen LogP contribution in [0.15, 0.2) is 34.2 Å². The van der Waals surface area contributed by atoms with E-state index in [1.54, 1.807) is 0 Å². The van der Waals surface area contributed by atoms with E-state index in [0.717, 1.165) is 24.0 Å². The van der Waals surface area contributed by atoms with Gasteiger partial charge in [-0.25, -0.2) is 0 Å². The average Bonchev–Trinajstić information content (AvgIpc) is 3.41. The van der Waals surface area contributed by atoms with E-state index in [9.17, 15) is 13.2 Å². The third-order valence-electron chi connectivity index (χ3n) is 7.47. The molecule has 8 nitrogen and oxygen atoms in total. The Bertz CT molecular complexity index is 1100. The van der Waals surface area contributed by atoms with Gasteiger partial charge >= 0.3 is 0 Å². The van der Waals surface area contributed by atoms with Crippen LogP contribution in [-0.2, 0) is 24.3 Å². The number of piperidine rings is 2. The number of rotatable bonds is 3. The molecule has 184 valence electrons. The second kappa shape index (κ2) is 9.09. The third kappa shape index (κ3) is 4.29. The number of carbonyl (C=O) groups excluding carboxylic acids is 1. The maximum atomic E-state index is 13.2. The standard InChI is InChI=1S/C25H33N3O5S/c1-3-21-22(19-6-4-18(2)5-7-19)34(30,31)26-23(21)27-12-8-20(9-13-27)24(29)28-14-10-25(11-15-28)32-16-17-33-25/h4-7,20H,3,8-17H2,1-2H3. The molecule has 1 aromatic rings. The largest absolute Gasteiger partial charge is 0.356 e. The van der Waals surface area contributed by atoms with E-state index in [0.29, 0.717) is 75.0 Å². The zero-order valence-corrected chi connectivity index (χ0v) is 20.8. The van der Waals surface area contributed by atoms with Gasteiger partial charge in [0.25, 0.3) is 10.0 Å². The van der Waals surface area contributed by atoms with Gasteiger partial charge in [0.05, 0.1) is 13.2 Å². The molecule has 0 aliphatic carbocycles. The lowest BCUT2D eigenvalue weighted by Crippen LogP contribution is -2.50. The molecule has 0 atom stereocenters. The van der Waals surface area contributed by atoms with Crippen molar-refractivity contribution in [3.05, 3.63) is 41.0 Å². The lowest BCUT2D eigenvalue weighted by Gasteiger charge is -2.40. The number of carbonyl (C=O) groups is 1. The second-order valence-electron chi connectivity index (χ2n) is 9.61. The van der Waals surface area contributed by atoms with Crippen molar-refractivity contribution in [1.29, 1.82) is 0 Å². The summed E-state index contributed by atoms with van der Waals surface area (Å²) in [5, 5.41) is 0. The van der Waals surface area contributed by atoms with Crippen LogP contribution >= 0.6 is 0 Å². The van der Waals surface area contributed by atoms with Crippen LogP contribution in [-0.4, -0.2) is 75.1 Å². The summed E-state index contributed by atoms with van der Waals surface area (Å²) >= 11 is 0. The second-order valence-corrected chi connectivity index (χ2v) is 11.2. The van der Waals surface area contributed by atoms with E-state index in [2.05, 4.69) is 4.40 Å². The van der Waals surface area contributed by atoms with Crippen LogP contribution in [0, 0.1) is 12.8 Å². The van der Waals surface area contributed by atoms with E-state index < -0.39 is 15.8 Å². The number of aryl methyl sites for hydroxylation is 1. The van der Waals surface area contributed by atoms with Crippen molar-refractivity contribution >= 4 is 26.7 Å². The number of amidine groups is 1. The van der Waals surface area contributed by atoms with Crippen molar-refractivity contribution < 1.29 is 22.7 Å². The number of amides is 1. The van der Waals surface area contributed by atoms with Crippen LogP contribution in [0.5, 0.6) is 0 Å². The lowest BCUT2D eigenvalue weighted by molar-refractivity contribution is -0.188. The van der Waals surface area contributed by atoms with Crippen LogP contribution < -0.4 is 0 Å². The molecular weight excluding hydrogens is 454 g/mol. The zero-order chi connectivity index (χ0) is 23.9. The number of nitrogens with zero attached hydrogens (tertiary/aromatic N) is 3. The van der Waals surface area contributed by atoms with E-state index in [1.165, 1.54) is 0 Å². The molecule has 3 fully saturated rings. The summed E-state index contributed by atoms with van der Waals surface area (Å²) < 4.78 is 41.8. The predicted molar refractivity (Wildman–Crippen MR) is 129 cm³/mol. The average molecular weight is 488 g/mol. The lowest BCUT2D eigenvalue weighted by atomic mass is 9.93. The molecule has 0 unspecified atom stereocenters. The topological polar surface area (TPSA) is 88.5 Å². The maximum absolute atomic E-state index is 13.2. The molecule has 0 radical (unpaired) electrons. The first kappa shape index (κ1) is 23.5. The van der Waals surface area contributed by atoms with Crippen LogP contribution in [0.3, 0.4) is 0 Å². The molecule has 3 saturated heterocycles. The monoisotopic (exact) mass is 487 g/mol. The molecule has 0 aromatic heterocycles. The maximum Gasteiger partial charge on any atom is 0.285 e. The molecule has 4 aliphatic rings. The molecule has 9 heteroatoms. The first-order chi connectivity index (χ1) is 16.3. The van der Waals surface area contributed by atoms with E-state index >= 15 is 0 Å². The fraction of sp³-hybridized carbons (Fsp3) is 0.600. The molecule has 1 spiro atoms. The Morgan fingerprint density at radius 3 is 2.26 bits per heavy atom. The van der Waals surface area contributed by atoms with Gasteiger partial charge in [-0.1, -0.05) is 36.8 Å². The van der Waals surface area contributed by atoms with Gasteiger partial charge in [0.2, 0.25) is 5.91 Å².